The molecule has 0 heterocycles. The van der Waals surface area contributed by atoms with Gasteiger partial charge in [0.1, 0.15) is 5.75 Å². The molecule has 2 N–H and O–H groups in total. The number of methoxy groups -OCH3 is 1. The van der Waals surface area contributed by atoms with Crippen LogP contribution in [0.5, 0.6) is 5.75 Å². The summed E-state index contributed by atoms with van der Waals surface area (Å²) in [7, 11) is 1.56. The second-order valence-electron chi connectivity index (χ2n) is 4.61. The monoisotopic (exact) mass is 314 g/mol. The highest BCUT2D eigenvalue weighted by atomic mass is 16.5. The zero-order valence-corrected chi connectivity index (χ0v) is 13.0. The van der Waals surface area contributed by atoms with Gasteiger partial charge in [-0.25, -0.2) is 4.79 Å². The van der Waals surface area contributed by atoms with Gasteiger partial charge in [0.15, 0.2) is 0 Å². The lowest BCUT2D eigenvalue weighted by Gasteiger charge is -2.09. The van der Waals surface area contributed by atoms with Crippen LogP contribution in [0.1, 0.15) is 17.3 Å². The van der Waals surface area contributed by atoms with Gasteiger partial charge >= 0.3 is 6.09 Å². The van der Waals surface area contributed by atoms with E-state index in [0.29, 0.717) is 22.7 Å². The molecule has 0 spiro atoms. The molecule has 0 saturated carbocycles. The van der Waals surface area contributed by atoms with Gasteiger partial charge in [0, 0.05) is 23.0 Å². The molecule has 0 aliphatic rings. The van der Waals surface area contributed by atoms with Gasteiger partial charge in [-0.1, -0.05) is 12.1 Å². The molecule has 6 heteroatoms. The normalized spacial score (nSPS) is 9.83. The molecular formula is C17H18N2O4. The first-order chi connectivity index (χ1) is 11.1. The summed E-state index contributed by atoms with van der Waals surface area (Å²) < 4.78 is 9.92. The van der Waals surface area contributed by atoms with Crippen LogP contribution in [0.2, 0.25) is 0 Å². The Hall–Kier alpha value is -3.02. The molecule has 0 atom stereocenters. The first kappa shape index (κ1) is 16.4. The van der Waals surface area contributed by atoms with Crippen LogP contribution >= 0.6 is 0 Å². The van der Waals surface area contributed by atoms with Gasteiger partial charge in [0.2, 0.25) is 0 Å². The Morgan fingerprint density at radius 1 is 1.00 bits per heavy atom. The van der Waals surface area contributed by atoms with E-state index in [1.165, 1.54) is 0 Å². The van der Waals surface area contributed by atoms with E-state index >= 15 is 0 Å². The molecule has 0 fully saturated rings. The quantitative estimate of drug-likeness (QED) is 0.885. The number of hydrogen-bond donors (Lipinski definition) is 2. The number of amides is 2. The molecule has 0 aliphatic carbocycles. The fraction of sp³-hybridized carbons (Fsp3) is 0.176. The van der Waals surface area contributed by atoms with E-state index in [4.69, 9.17) is 9.47 Å². The van der Waals surface area contributed by atoms with Crippen LogP contribution in [-0.2, 0) is 4.74 Å². The number of anilines is 2. The summed E-state index contributed by atoms with van der Waals surface area (Å²) in [5, 5.41) is 5.33. The van der Waals surface area contributed by atoms with E-state index < -0.39 is 6.09 Å². The number of benzene rings is 2. The van der Waals surface area contributed by atoms with Gasteiger partial charge in [-0.05, 0) is 37.3 Å². The topological polar surface area (TPSA) is 76.7 Å². The van der Waals surface area contributed by atoms with E-state index in [1.807, 2.05) is 0 Å². The fourth-order valence-corrected chi connectivity index (χ4v) is 1.93. The summed E-state index contributed by atoms with van der Waals surface area (Å²) in [4.78, 5) is 23.7. The summed E-state index contributed by atoms with van der Waals surface area (Å²) in [5.41, 5.74) is 1.53. The number of hydrogen-bond acceptors (Lipinski definition) is 4. The highest BCUT2D eigenvalue weighted by molar-refractivity contribution is 6.05. The number of carbonyl (C=O) groups is 2. The van der Waals surface area contributed by atoms with Crippen LogP contribution in [0.25, 0.3) is 0 Å². The summed E-state index contributed by atoms with van der Waals surface area (Å²) in [6.07, 6.45) is -0.558. The molecule has 0 unspecified atom stereocenters. The molecular weight excluding hydrogens is 296 g/mol. The third-order valence-electron chi connectivity index (χ3n) is 2.97. The van der Waals surface area contributed by atoms with Crippen LogP contribution in [0, 0.1) is 0 Å². The molecule has 0 bridgehead atoms. The van der Waals surface area contributed by atoms with Gasteiger partial charge < -0.3 is 14.8 Å². The fourth-order valence-electron chi connectivity index (χ4n) is 1.93. The third-order valence-corrected chi connectivity index (χ3v) is 2.97. The van der Waals surface area contributed by atoms with Crippen LogP contribution < -0.4 is 15.4 Å². The first-order valence-corrected chi connectivity index (χ1v) is 7.11. The number of nitrogens with one attached hydrogen (secondary N) is 2. The number of ether oxygens (including phenoxy) is 2. The molecule has 2 aromatic rings. The Balaban J connectivity index is 2.08. The second-order valence-corrected chi connectivity index (χ2v) is 4.61. The minimum Gasteiger partial charge on any atom is -0.497 e. The summed E-state index contributed by atoms with van der Waals surface area (Å²) in [5.74, 6) is 0.367. The minimum atomic E-state index is -0.558. The molecule has 0 saturated heterocycles. The average molecular weight is 314 g/mol. The molecule has 0 radical (unpaired) electrons. The van der Waals surface area contributed by atoms with Crippen molar-refractivity contribution in [3.05, 3.63) is 54.1 Å². The summed E-state index contributed by atoms with van der Waals surface area (Å²) in [6.45, 7) is 2.00. The molecule has 6 nitrogen and oxygen atoms in total. The van der Waals surface area contributed by atoms with E-state index in [1.54, 1.807) is 62.6 Å². The molecule has 2 aromatic carbocycles. The Morgan fingerprint density at radius 3 is 2.39 bits per heavy atom. The average Bonchev–Trinajstić information content (AvgIpc) is 2.55. The van der Waals surface area contributed by atoms with Crippen molar-refractivity contribution >= 4 is 23.4 Å². The maximum atomic E-state index is 12.3. The summed E-state index contributed by atoms with van der Waals surface area (Å²) in [6, 6.07) is 13.7. The zero-order valence-electron chi connectivity index (χ0n) is 13.0. The molecule has 0 aromatic heterocycles. The van der Waals surface area contributed by atoms with Crippen LogP contribution in [-0.4, -0.2) is 25.7 Å². The Labute approximate surface area is 134 Å². The van der Waals surface area contributed by atoms with Gasteiger partial charge in [0.25, 0.3) is 5.91 Å². The lowest BCUT2D eigenvalue weighted by Crippen LogP contribution is -2.15. The van der Waals surface area contributed by atoms with E-state index in [-0.39, 0.29) is 12.5 Å². The zero-order chi connectivity index (χ0) is 16.7. The maximum absolute atomic E-state index is 12.3. The Bertz CT molecular complexity index is 700. The predicted octanol–water partition coefficient (Wildman–Crippen LogP) is 3.52. The van der Waals surface area contributed by atoms with Crippen LogP contribution in [0.3, 0.4) is 0 Å². The van der Waals surface area contributed by atoms with E-state index in [9.17, 15) is 9.59 Å². The second kappa shape index (κ2) is 7.84. The molecule has 0 aliphatic heterocycles. The van der Waals surface area contributed by atoms with Crippen molar-refractivity contribution in [2.24, 2.45) is 0 Å². The van der Waals surface area contributed by atoms with Gasteiger partial charge in [-0.15, -0.1) is 0 Å². The largest absolute Gasteiger partial charge is 0.497 e. The minimum absolute atomic E-state index is 0.280. The van der Waals surface area contributed by atoms with E-state index in [2.05, 4.69) is 10.6 Å². The Morgan fingerprint density at radius 2 is 1.70 bits per heavy atom. The van der Waals surface area contributed by atoms with Crippen molar-refractivity contribution in [3.63, 3.8) is 0 Å². The highest BCUT2D eigenvalue weighted by Crippen LogP contribution is 2.18. The lowest BCUT2D eigenvalue weighted by atomic mass is 10.2. The van der Waals surface area contributed by atoms with Crippen molar-refractivity contribution in [3.8, 4) is 5.75 Å². The van der Waals surface area contributed by atoms with Crippen LogP contribution in [0.4, 0.5) is 16.2 Å². The molecule has 2 rings (SSSR count). The molecule has 2 amide bonds. The standard InChI is InChI=1S/C17H18N2O4/c1-3-23-17(21)19-13-7-4-6-12(10-13)16(20)18-14-8-5-9-15(11-14)22-2/h4-11H,3H2,1-2H3,(H,18,20)(H,19,21). The first-order valence-electron chi connectivity index (χ1n) is 7.11. The van der Waals surface area contributed by atoms with Gasteiger partial charge in [0.05, 0.1) is 13.7 Å². The Kier molecular flexibility index (Phi) is 5.57. The van der Waals surface area contributed by atoms with Crippen molar-refractivity contribution in [2.45, 2.75) is 6.92 Å². The smallest absolute Gasteiger partial charge is 0.411 e. The lowest BCUT2D eigenvalue weighted by molar-refractivity contribution is 0.102. The van der Waals surface area contributed by atoms with Crippen molar-refractivity contribution < 1.29 is 19.1 Å². The number of rotatable bonds is 5. The summed E-state index contributed by atoms with van der Waals surface area (Å²) >= 11 is 0. The SMILES string of the molecule is CCOC(=O)Nc1cccc(C(=O)Nc2cccc(OC)c2)c1. The number of carbonyl (C=O) groups excluding carboxylic acids is 2. The predicted molar refractivity (Wildman–Crippen MR) is 88.0 cm³/mol. The molecule has 23 heavy (non-hydrogen) atoms. The highest BCUT2D eigenvalue weighted by Gasteiger charge is 2.09. The van der Waals surface area contributed by atoms with Crippen molar-refractivity contribution in [1.29, 1.82) is 0 Å². The van der Waals surface area contributed by atoms with Gasteiger partial charge in [-0.3, -0.25) is 10.1 Å². The van der Waals surface area contributed by atoms with Crippen LogP contribution in [0.15, 0.2) is 48.5 Å². The van der Waals surface area contributed by atoms with E-state index in [0.717, 1.165) is 0 Å². The maximum Gasteiger partial charge on any atom is 0.411 e. The third kappa shape index (κ3) is 4.74. The van der Waals surface area contributed by atoms with Crippen molar-refractivity contribution in [2.75, 3.05) is 24.4 Å². The van der Waals surface area contributed by atoms with Crippen molar-refractivity contribution in [1.82, 2.24) is 0 Å². The molecule has 120 valence electrons. The van der Waals surface area contributed by atoms with Gasteiger partial charge in [-0.2, -0.15) is 0 Å².